The minimum atomic E-state index is -1.19. The maximum Gasteiger partial charge on any atom is 0.336 e. The third-order valence-corrected chi connectivity index (χ3v) is 7.40. The fourth-order valence-corrected chi connectivity index (χ4v) is 5.56. The molecule has 0 aliphatic carbocycles. The summed E-state index contributed by atoms with van der Waals surface area (Å²) in [4.78, 5) is 25.2. The average Bonchev–Trinajstić information content (AvgIpc) is 2.92. The van der Waals surface area contributed by atoms with Crippen molar-refractivity contribution in [2.24, 2.45) is 5.73 Å². The summed E-state index contributed by atoms with van der Waals surface area (Å²) in [6.07, 6.45) is 0.379. The highest BCUT2D eigenvalue weighted by atomic mass is 16.4. The Morgan fingerprint density at radius 1 is 0.921 bits per heavy atom. The predicted molar refractivity (Wildman–Crippen MR) is 147 cm³/mol. The van der Waals surface area contributed by atoms with E-state index in [1.54, 1.807) is 12.1 Å². The number of anilines is 1. The number of fused-ring (bicyclic) bond motifs is 1. The van der Waals surface area contributed by atoms with Gasteiger partial charge in [-0.1, -0.05) is 73.7 Å². The number of nitrogen functional groups attached to an aromatic ring is 1. The van der Waals surface area contributed by atoms with Crippen LogP contribution in [0.3, 0.4) is 0 Å². The lowest BCUT2D eigenvalue weighted by atomic mass is 9.67. The standard InChI is InChI=1S/C31H27N3O4/c1-31(20-10-6-3-7-11-20)17-25(34-24-15-12-19(28(32)33)16-23(24)31)26-22(29(35)36)14-13-21(27(26)30(37)38)18-8-4-2-5-9-18/h2-16,25,34H,17H2,1H3,(H3,32,33)(H,35,36)(H,37,38). The van der Waals surface area contributed by atoms with Gasteiger partial charge in [-0.05, 0) is 52.9 Å². The molecule has 0 saturated heterocycles. The van der Waals surface area contributed by atoms with Crippen LogP contribution in [0.4, 0.5) is 5.69 Å². The summed E-state index contributed by atoms with van der Waals surface area (Å²) in [6, 6.07) is 26.8. The minimum absolute atomic E-state index is 0.0344. The second-order valence-electron chi connectivity index (χ2n) is 9.70. The molecule has 0 radical (unpaired) electrons. The topological polar surface area (TPSA) is 136 Å². The van der Waals surface area contributed by atoms with E-state index < -0.39 is 23.4 Å². The lowest BCUT2D eigenvalue weighted by Crippen LogP contribution is -2.36. The normalized spacial score (nSPS) is 18.2. The van der Waals surface area contributed by atoms with Crippen LogP contribution in [0, 0.1) is 5.41 Å². The first-order valence-electron chi connectivity index (χ1n) is 12.2. The SMILES string of the molecule is CC1(c2ccccc2)CC(c2c(C(=O)O)ccc(-c3ccccc3)c2C(=O)O)Nc2ccc(C(=N)N)cc21. The first kappa shape index (κ1) is 24.8. The number of aromatic carboxylic acids is 2. The lowest BCUT2D eigenvalue weighted by molar-refractivity contribution is 0.0694. The zero-order valence-electron chi connectivity index (χ0n) is 20.7. The Balaban J connectivity index is 1.78. The van der Waals surface area contributed by atoms with Crippen molar-refractivity contribution in [3.05, 3.63) is 124 Å². The van der Waals surface area contributed by atoms with Crippen molar-refractivity contribution in [1.29, 1.82) is 5.41 Å². The number of benzene rings is 4. The molecule has 0 aromatic heterocycles. The van der Waals surface area contributed by atoms with Gasteiger partial charge in [0.2, 0.25) is 0 Å². The zero-order valence-corrected chi connectivity index (χ0v) is 20.7. The number of amidine groups is 1. The molecule has 2 atom stereocenters. The molecule has 0 fully saturated rings. The highest BCUT2D eigenvalue weighted by molar-refractivity contribution is 6.03. The summed E-state index contributed by atoms with van der Waals surface area (Å²) in [7, 11) is 0. The largest absolute Gasteiger partial charge is 0.478 e. The number of carbonyl (C=O) groups is 2. The van der Waals surface area contributed by atoms with Gasteiger partial charge in [0.1, 0.15) is 5.84 Å². The fourth-order valence-electron chi connectivity index (χ4n) is 5.56. The van der Waals surface area contributed by atoms with Gasteiger partial charge in [0, 0.05) is 22.2 Å². The number of nitrogens with two attached hydrogens (primary N) is 1. The van der Waals surface area contributed by atoms with Gasteiger partial charge >= 0.3 is 11.9 Å². The van der Waals surface area contributed by atoms with Crippen LogP contribution in [-0.4, -0.2) is 28.0 Å². The molecule has 1 aliphatic heterocycles. The molecule has 5 rings (SSSR count). The molecule has 4 aromatic rings. The number of carboxylic acids is 2. The van der Waals surface area contributed by atoms with Crippen LogP contribution in [0.1, 0.15) is 62.4 Å². The first-order chi connectivity index (χ1) is 18.2. The smallest absolute Gasteiger partial charge is 0.336 e. The van der Waals surface area contributed by atoms with Crippen molar-refractivity contribution in [3.8, 4) is 11.1 Å². The Morgan fingerprint density at radius 2 is 1.58 bits per heavy atom. The quantitative estimate of drug-likeness (QED) is 0.164. The first-order valence-corrected chi connectivity index (χ1v) is 12.2. The number of hydrogen-bond acceptors (Lipinski definition) is 4. The predicted octanol–water partition coefficient (Wildman–Crippen LogP) is 5.90. The summed E-state index contributed by atoms with van der Waals surface area (Å²) < 4.78 is 0. The maximum absolute atomic E-state index is 12.8. The summed E-state index contributed by atoms with van der Waals surface area (Å²) in [5.41, 5.74) is 9.66. The monoisotopic (exact) mass is 505 g/mol. The van der Waals surface area contributed by atoms with Gasteiger partial charge in [-0.3, -0.25) is 5.41 Å². The van der Waals surface area contributed by atoms with Gasteiger partial charge in [0.05, 0.1) is 17.2 Å². The van der Waals surface area contributed by atoms with Crippen LogP contribution in [-0.2, 0) is 5.41 Å². The van der Waals surface area contributed by atoms with E-state index >= 15 is 0 Å². The van der Waals surface area contributed by atoms with E-state index in [1.165, 1.54) is 6.07 Å². The van der Waals surface area contributed by atoms with Crippen molar-refractivity contribution < 1.29 is 19.8 Å². The fraction of sp³-hybridized carbons (Fsp3) is 0.129. The van der Waals surface area contributed by atoms with E-state index in [-0.39, 0.29) is 22.5 Å². The second kappa shape index (κ2) is 9.52. The molecule has 190 valence electrons. The Morgan fingerprint density at radius 3 is 2.18 bits per heavy atom. The van der Waals surface area contributed by atoms with E-state index in [1.807, 2.05) is 72.8 Å². The van der Waals surface area contributed by atoms with Gasteiger partial charge in [0.25, 0.3) is 0 Å². The van der Waals surface area contributed by atoms with E-state index in [4.69, 9.17) is 11.1 Å². The van der Waals surface area contributed by atoms with E-state index in [0.717, 1.165) is 16.8 Å². The molecule has 7 nitrogen and oxygen atoms in total. The molecule has 7 heteroatoms. The van der Waals surface area contributed by atoms with Crippen LogP contribution < -0.4 is 11.1 Å². The lowest BCUT2D eigenvalue weighted by Gasteiger charge is -2.42. The number of carboxylic acid groups (broad SMARTS) is 2. The summed E-state index contributed by atoms with van der Waals surface area (Å²) >= 11 is 0. The molecule has 0 saturated carbocycles. The van der Waals surface area contributed by atoms with Crippen molar-refractivity contribution in [1.82, 2.24) is 0 Å². The summed E-state index contributed by atoms with van der Waals surface area (Å²) in [5.74, 6) is -2.44. The highest BCUT2D eigenvalue weighted by Gasteiger charge is 2.41. The molecule has 0 amide bonds. The Hall–Kier alpha value is -4.91. The van der Waals surface area contributed by atoms with E-state index in [2.05, 4.69) is 12.2 Å². The molecule has 2 unspecified atom stereocenters. The van der Waals surface area contributed by atoms with Crippen molar-refractivity contribution in [2.45, 2.75) is 24.8 Å². The summed E-state index contributed by atoms with van der Waals surface area (Å²) in [5, 5.41) is 32.0. The third kappa shape index (κ3) is 4.18. The molecule has 1 aliphatic rings. The van der Waals surface area contributed by atoms with Crippen LogP contribution in [0.15, 0.2) is 91.0 Å². The van der Waals surface area contributed by atoms with Crippen molar-refractivity contribution in [2.75, 3.05) is 5.32 Å². The zero-order chi connectivity index (χ0) is 27.0. The molecule has 0 spiro atoms. The number of rotatable bonds is 6. The van der Waals surface area contributed by atoms with Gasteiger partial charge in [-0.25, -0.2) is 9.59 Å². The van der Waals surface area contributed by atoms with E-state index in [9.17, 15) is 19.8 Å². The molecular formula is C31H27N3O4. The van der Waals surface area contributed by atoms with Gasteiger partial charge in [0.15, 0.2) is 0 Å². The molecule has 1 heterocycles. The van der Waals surface area contributed by atoms with Crippen LogP contribution in [0.25, 0.3) is 11.1 Å². The summed E-state index contributed by atoms with van der Waals surface area (Å²) in [6.45, 7) is 2.06. The van der Waals surface area contributed by atoms with Crippen LogP contribution in [0.5, 0.6) is 0 Å². The molecular weight excluding hydrogens is 478 g/mol. The van der Waals surface area contributed by atoms with Gasteiger partial charge < -0.3 is 21.3 Å². The molecule has 6 N–H and O–H groups in total. The number of hydrogen-bond donors (Lipinski definition) is 5. The van der Waals surface area contributed by atoms with Gasteiger partial charge in [-0.2, -0.15) is 0 Å². The van der Waals surface area contributed by atoms with Crippen molar-refractivity contribution >= 4 is 23.5 Å². The Bertz CT molecular complexity index is 1570. The molecule has 4 aromatic carbocycles. The molecule has 38 heavy (non-hydrogen) atoms. The van der Waals surface area contributed by atoms with Crippen LogP contribution in [0.2, 0.25) is 0 Å². The second-order valence-corrected chi connectivity index (χ2v) is 9.70. The highest BCUT2D eigenvalue weighted by Crippen LogP contribution is 2.50. The average molecular weight is 506 g/mol. The molecule has 0 bridgehead atoms. The van der Waals surface area contributed by atoms with Gasteiger partial charge in [-0.15, -0.1) is 0 Å². The number of nitrogens with one attached hydrogen (secondary N) is 2. The van der Waals surface area contributed by atoms with Crippen molar-refractivity contribution in [3.63, 3.8) is 0 Å². The maximum atomic E-state index is 12.8. The van der Waals surface area contributed by atoms with E-state index in [0.29, 0.717) is 23.1 Å². The Kier molecular flexibility index (Phi) is 6.20. The Labute approximate surface area is 220 Å². The third-order valence-electron chi connectivity index (χ3n) is 7.40. The van der Waals surface area contributed by atoms with Crippen LogP contribution >= 0.6 is 0 Å². The minimum Gasteiger partial charge on any atom is -0.478 e.